The zero-order valence-corrected chi connectivity index (χ0v) is 17.4. The van der Waals surface area contributed by atoms with Gasteiger partial charge in [0.25, 0.3) is 5.91 Å². The van der Waals surface area contributed by atoms with Gasteiger partial charge in [-0.25, -0.2) is 14.8 Å². The van der Waals surface area contributed by atoms with E-state index in [1.807, 2.05) is 30.5 Å². The van der Waals surface area contributed by atoms with Gasteiger partial charge in [-0.15, -0.1) is 11.3 Å². The third kappa shape index (κ3) is 4.37. The Balaban J connectivity index is 1.48. The second-order valence-electron chi connectivity index (χ2n) is 6.30. The van der Waals surface area contributed by atoms with Gasteiger partial charge in [0, 0.05) is 16.6 Å². The molecule has 7 nitrogen and oxygen atoms in total. The highest BCUT2D eigenvalue weighted by atomic mass is 32.1. The summed E-state index contributed by atoms with van der Waals surface area (Å²) in [4.78, 5) is 33.2. The van der Waals surface area contributed by atoms with Gasteiger partial charge in [0.1, 0.15) is 0 Å². The second kappa shape index (κ2) is 8.44. The number of benzene rings is 2. The molecule has 2 aromatic carbocycles. The summed E-state index contributed by atoms with van der Waals surface area (Å²) >= 11 is 2.80. The fraction of sp³-hybridized carbons (Fsp3) is 0.0476. The number of aromatic nitrogens is 2. The molecule has 0 saturated carbocycles. The lowest BCUT2D eigenvalue weighted by molar-refractivity contribution is 0.0696. The van der Waals surface area contributed by atoms with E-state index in [0.717, 1.165) is 22.0 Å². The molecule has 0 aliphatic carbocycles. The molecule has 0 spiro atoms. The Bertz CT molecular complexity index is 1200. The standard InChI is InChI=1S/C21H16N4O3S2/c1-12-17(30-21(22-12)25-18(26)13-5-3-2-4-6-13)16-11-29-20(24-16)23-15-9-7-14(8-10-15)19(27)28/h2-11H,1H3,(H,23,24)(H,27,28)(H,22,25,26). The molecule has 2 heterocycles. The number of carbonyl (C=O) groups excluding carboxylic acids is 1. The van der Waals surface area contributed by atoms with Gasteiger partial charge >= 0.3 is 5.97 Å². The number of nitrogens with zero attached hydrogens (tertiary/aromatic N) is 2. The molecular weight excluding hydrogens is 420 g/mol. The van der Waals surface area contributed by atoms with E-state index in [-0.39, 0.29) is 11.5 Å². The van der Waals surface area contributed by atoms with E-state index in [4.69, 9.17) is 5.11 Å². The van der Waals surface area contributed by atoms with Crippen molar-refractivity contribution in [2.45, 2.75) is 6.92 Å². The van der Waals surface area contributed by atoms with Crippen LogP contribution in [0.4, 0.5) is 16.0 Å². The number of hydrogen-bond donors (Lipinski definition) is 3. The monoisotopic (exact) mass is 436 g/mol. The Labute approximate surface area is 180 Å². The number of rotatable bonds is 6. The van der Waals surface area contributed by atoms with Crippen LogP contribution in [0.2, 0.25) is 0 Å². The number of thiazole rings is 2. The number of nitrogens with one attached hydrogen (secondary N) is 2. The number of anilines is 3. The van der Waals surface area contributed by atoms with Crippen molar-refractivity contribution in [3.05, 3.63) is 76.8 Å². The largest absolute Gasteiger partial charge is 0.478 e. The maximum atomic E-state index is 12.3. The second-order valence-corrected chi connectivity index (χ2v) is 8.16. The summed E-state index contributed by atoms with van der Waals surface area (Å²) in [6.07, 6.45) is 0. The van der Waals surface area contributed by atoms with Crippen LogP contribution in [-0.4, -0.2) is 27.0 Å². The van der Waals surface area contributed by atoms with E-state index in [9.17, 15) is 9.59 Å². The fourth-order valence-electron chi connectivity index (χ4n) is 2.70. The number of carbonyl (C=O) groups is 2. The minimum Gasteiger partial charge on any atom is -0.478 e. The highest BCUT2D eigenvalue weighted by Crippen LogP contribution is 2.35. The summed E-state index contributed by atoms with van der Waals surface area (Å²) < 4.78 is 0. The number of aryl methyl sites for hydroxylation is 1. The first-order chi connectivity index (χ1) is 14.5. The van der Waals surface area contributed by atoms with E-state index in [2.05, 4.69) is 20.6 Å². The molecule has 30 heavy (non-hydrogen) atoms. The first-order valence-corrected chi connectivity index (χ1v) is 10.6. The molecule has 9 heteroatoms. The van der Waals surface area contributed by atoms with Gasteiger partial charge in [-0.2, -0.15) is 0 Å². The molecule has 0 radical (unpaired) electrons. The SMILES string of the molecule is Cc1nc(NC(=O)c2ccccc2)sc1-c1csc(Nc2ccc(C(=O)O)cc2)n1. The highest BCUT2D eigenvalue weighted by Gasteiger charge is 2.15. The van der Waals surface area contributed by atoms with Crippen molar-refractivity contribution in [3.63, 3.8) is 0 Å². The molecule has 0 aliphatic heterocycles. The smallest absolute Gasteiger partial charge is 0.335 e. The minimum atomic E-state index is -0.964. The van der Waals surface area contributed by atoms with Crippen LogP contribution in [-0.2, 0) is 0 Å². The topological polar surface area (TPSA) is 104 Å². The fourth-order valence-corrected chi connectivity index (χ4v) is 4.42. The molecule has 0 atom stereocenters. The Morgan fingerprint density at radius 3 is 2.37 bits per heavy atom. The molecule has 0 saturated heterocycles. The van der Waals surface area contributed by atoms with Gasteiger partial charge in [0.05, 0.1) is 21.8 Å². The molecule has 2 aromatic heterocycles. The van der Waals surface area contributed by atoms with Gasteiger partial charge in [-0.3, -0.25) is 10.1 Å². The summed E-state index contributed by atoms with van der Waals surface area (Å²) in [6, 6.07) is 15.4. The Morgan fingerprint density at radius 1 is 0.933 bits per heavy atom. The van der Waals surface area contributed by atoms with Gasteiger partial charge < -0.3 is 10.4 Å². The van der Waals surface area contributed by atoms with Gasteiger partial charge in [0.15, 0.2) is 10.3 Å². The predicted molar refractivity (Wildman–Crippen MR) is 119 cm³/mol. The Hall–Kier alpha value is -3.56. The van der Waals surface area contributed by atoms with Crippen molar-refractivity contribution in [3.8, 4) is 10.6 Å². The molecule has 1 amide bonds. The van der Waals surface area contributed by atoms with Crippen molar-refractivity contribution in [2.75, 3.05) is 10.6 Å². The Kier molecular flexibility index (Phi) is 5.55. The average molecular weight is 437 g/mol. The summed E-state index contributed by atoms with van der Waals surface area (Å²) in [5, 5.41) is 18.1. The van der Waals surface area contributed by atoms with Gasteiger partial charge in [-0.05, 0) is 43.3 Å². The zero-order valence-electron chi connectivity index (χ0n) is 15.7. The lowest BCUT2D eigenvalue weighted by atomic mass is 10.2. The van der Waals surface area contributed by atoms with Crippen LogP contribution in [0, 0.1) is 6.92 Å². The van der Waals surface area contributed by atoms with Crippen LogP contribution in [0.5, 0.6) is 0 Å². The van der Waals surface area contributed by atoms with E-state index in [1.165, 1.54) is 34.8 Å². The van der Waals surface area contributed by atoms with Gasteiger partial charge in [0.2, 0.25) is 0 Å². The van der Waals surface area contributed by atoms with Crippen LogP contribution in [0.15, 0.2) is 60.0 Å². The normalized spacial score (nSPS) is 10.6. The van der Waals surface area contributed by atoms with Gasteiger partial charge in [-0.1, -0.05) is 29.5 Å². The summed E-state index contributed by atoms with van der Waals surface area (Å²) in [6.45, 7) is 1.88. The molecule has 0 fully saturated rings. The van der Waals surface area contributed by atoms with Crippen LogP contribution in [0.3, 0.4) is 0 Å². The van der Waals surface area contributed by atoms with E-state index in [1.54, 1.807) is 24.3 Å². The molecule has 0 aliphatic rings. The summed E-state index contributed by atoms with van der Waals surface area (Å²) in [5.41, 5.74) is 3.09. The van der Waals surface area contributed by atoms with Crippen molar-refractivity contribution < 1.29 is 14.7 Å². The van der Waals surface area contributed by atoms with Crippen molar-refractivity contribution in [2.24, 2.45) is 0 Å². The lowest BCUT2D eigenvalue weighted by Gasteiger charge is -2.02. The molecule has 4 rings (SSSR count). The highest BCUT2D eigenvalue weighted by molar-refractivity contribution is 7.20. The third-order valence-electron chi connectivity index (χ3n) is 4.17. The van der Waals surface area contributed by atoms with E-state index < -0.39 is 5.97 Å². The first-order valence-electron chi connectivity index (χ1n) is 8.90. The summed E-state index contributed by atoms with van der Waals surface area (Å²) in [7, 11) is 0. The number of amides is 1. The average Bonchev–Trinajstić information content (AvgIpc) is 3.35. The molecule has 0 unspecified atom stereocenters. The number of aromatic carboxylic acids is 1. The van der Waals surface area contributed by atoms with E-state index in [0.29, 0.717) is 15.8 Å². The van der Waals surface area contributed by atoms with Crippen molar-refractivity contribution in [1.29, 1.82) is 0 Å². The molecule has 0 bridgehead atoms. The molecule has 150 valence electrons. The van der Waals surface area contributed by atoms with E-state index >= 15 is 0 Å². The maximum Gasteiger partial charge on any atom is 0.335 e. The van der Waals surface area contributed by atoms with Crippen LogP contribution >= 0.6 is 22.7 Å². The van der Waals surface area contributed by atoms with Crippen LogP contribution < -0.4 is 10.6 Å². The third-order valence-corrected chi connectivity index (χ3v) is 6.03. The van der Waals surface area contributed by atoms with Crippen LogP contribution in [0.1, 0.15) is 26.4 Å². The number of hydrogen-bond acceptors (Lipinski definition) is 7. The van der Waals surface area contributed by atoms with Crippen molar-refractivity contribution in [1.82, 2.24) is 9.97 Å². The molecule has 4 aromatic rings. The van der Waals surface area contributed by atoms with Crippen LogP contribution in [0.25, 0.3) is 10.6 Å². The maximum absolute atomic E-state index is 12.3. The summed E-state index contributed by atoms with van der Waals surface area (Å²) in [5.74, 6) is -1.17. The number of carboxylic acid groups (broad SMARTS) is 1. The van der Waals surface area contributed by atoms with Crippen molar-refractivity contribution >= 4 is 50.5 Å². The molecular formula is C21H16N4O3S2. The zero-order chi connectivity index (χ0) is 21.1. The lowest BCUT2D eigenvalue weighted by Crippen LogP contribution is -2.11. The number of carboxylic acids is 1. The minimum absolute atomic E-state index is 0.207. The predicted octanol–water partition coefficient (Wildman–Crippen LogP) is 5.27. The molecule has 3 N–H and O–H groups in total. The Morgan fingerprint density at radius 2 is 1.67 bits per heavy atom. The quantitative estimate of drug-likeness (QED) is 0.380. The first kappa shape index (κ1) is 19.7.